The Morgan fingerprint density at radius 1 is 1.33 bits per heavy atom. The van der Waals surface area contributed by atoms with Crippen molar-refractivity contribution >= 4 is 11.3 Å². The monoisotopic (exact) mass is 308 g/mol. The summed E-state index contributed by atoms with van der Waals surface area (Å²) in [6.45, 7) is 3.72. The van der Waals surface area contributed by atoms with Crippen LogP contribution in [0.5, 0.6) is 0 Å². The molecule has 6 nitrogen and oxygen atoms in total. The lowest BCUT2D eigenvalue weighted by molar-refractivity contribution is 0.342. The summed E-state index contributed by atoms with van der Waals surface area (Å²) < 4.78 is 1.11. The van der Waals surface area contributed by atoms with E-state index in [2.05, 4.69) is 14.9 Å². The van der Waals surface area contributed by atoms with Gasteiger partial charge < -0.3 is 9.88 Å². The number of likely N-dealkylation sites (N-methyl/N-ethyl adjacent to an activating group) is 1. The van der Waals surface area contributed by atoms with E-state index in [1.165, 1.54) is 18.1 Å². The number of aromatic nitrogens is 3. The molecule has 0 aromatic carbocycles. The standard InChI is InChI=1S/C14H20N4O2S/c1-10-12(21-9-16-10)5-7-17(2)6-4-11-8-15-14(20)18(3)13(11)19/h8-9H,4-7H2,1-3H3,(H,15,20). The molecule has 0 spiro atoms. The lowest BCUT2D eigenvalue weighted by Gasteiger charge is -2.16. The van der Waals surface area contributed by atoms with E-state index < -0.39 is 0 Å². The van der Waals surface area contributed by atoms with Crippen LogP contribution in [-0.4, -0.2) is 39.6 Å². The van der Waals surface area contributed by atoms with Gasteiger partial charge in [-0.25, -0.2) is 9.78 Å². The molecule has 21 heavy (non-hydrogen) atoms. The minimum absolute atomic E-state index is 0.217. The van der Waals surface area contributed by atoms with Crippen LogP contribution in [0.1, 0.15) is 16.1 Å². The lowest BCUT2D eigenvalue weighted by Crippen LogP contribution is -2.35. The van der Waals surface area contributed by atoms with Crippen LogP contribution < -0.4 is 11.2 Å². The fraction of sp³-hybridized carbons (Fsp3) is 0.500. The SMILES string of the molecule is Cc1ncsc1CCN(C)CCc1c[nH]c(=O)n(C)c1=O. The largest absolute Gasteiger partial charge is 0.328 e. The average molecular weight is 308 g/mol. The van der Waals surface area contributed by atoms with Gasteiger partial charge in [0.1, 0.15) is 0 Å². The van der Waals surface area contributed by atoms with E-state index in [1.807, 2.05) is 19.5 Å². The van der Waals surface area contributed by atoms with E-state index in [-0.39, 0.29) is 11.2 Å². The molecule has 0 unspecified atom stereocenters. The van der Waals surface area contributed by atoms with Crippen LogP contribution in [0.15, 0.2) is 21.3 Å². The van der Waals surface area contributed by atoms with Gasteiger partial charge in [0.2, 0.25) is 0 Å². The molecule has 0 amide bonds. The Bertz CT molecular complexity index is 716. The maximum atomic E-state index is 11.9. The van der Waals surface area contributed by atoms with Crippen molar-refractivity contribution in [3.63, 3.8) is 0 Å². The summed E-state index contributed by atoms with van der Waals surface area (Å²) in [4.78, 5) is 33.5. The highest BCUT2D eigenvalue weighted by atomic mass is 32.1. The zero-order chi connectivity index (χ0) is 15.4. The van der Waals surface area contributed by atoms with Crippen LogP contribution in [0, 0.1) is 6.92 Å². The van der Waals surface area contributed by atoms with Crippen molar-refractivity contribution < 1.29 is 0 Å². The fourth-order valence-electron chi connectivity index (χ4n) is 2.08. The maximum absolute atomic E-state index is 11.9. The molecule has 0 aliphatic rings. The van der Waals surface area contributed by atoms with E-state index in [0.717, 1.165) is 29.8 Å². The predicted molar refractivity (Wildman–Crippen MR) is 84.1 cm³/mol. The van der Waals surface area contributed by atoms with E-state index in [9.17, 15) is 9.59 Å². The fourth-order valence-corrected chi connectivity index (χ4v) is 2.85. The van der Waals surface area contributed by atoms with Gasteiger partial charge in [-0.2, -0.15) is 0 Å². The van der Waals surface area contributed by atoms with E-state index >= 15 is 0 Å². The first-order valence-corrected chi connectivity index (χ1v) is 7.72. The van der Waals surface area contributed by atoms with Gasteiger partial charge in [-0.05, 0) is 26.8 Å². The molecule has 2 rings (SSSR count). The average Bonchev–Trinajstić information content (AvgIpc) is 2.87. The van der Waals surface area contributed by atoms with Crippen molar-refractivity contribution in [3.8, 4) is 0 Å². The Kier molecular flexibility index (Phi) is 5.08. The second-order valence-electron chi connectivity index (χ2n) is 5.15. The quantitative estimate of drug-likeness (QED) is 0.846. The van der Waals surface area contributed by atoms with Crippen molar-refractivity contribution in [2.45, 2.75) is 19.8 Å². The highest BCUT2D eigenvalue weighted by Gasteiger charge is 2.07. The third kappa shape index (κ3) is 3.89. The van der Waals surface area contributed by atoms with E-state index in [0.29, 0.717) is 12.0 Å². The summed E-state index contributed by atoms with van der Waals surface area (Å²) >= 11 is 1.68. The van der Waals surface area contributed by atoms with Gasteiger partial charge in [0.25, 0.3) is 5.56 Å². The minimum atomic E-state index is -0.377. The minimum Gasteiger partial charge on any atom is -0.314 e. The molecule has 0 saturated carbocycles. The normalized spacial score (nSPS) is 11.2. The molecule has 2 aromatic heterocycles. The van der Waals surface area contributed by atoms with Crippen LogP contribution in [0.3, 0.4) is 0 Å². The van der Waals surface area contributed by atoms with Gasteiger partial charge in [0, 0.05) is 36.8 Å². The smallest absolute Gasteiger partial charge is 0.314 e. The van der Waals surface area contributed by atoms with E-state index in [1.54, 1.807) is 11.3 Å². The molecule has 0 bridgehead atoms. The number of nitrogens with one attached hydrogen (secondary N) is 1. The Balaban J connectivity index is 1.88. The number of hydrogen-bond donors (Lipinski definition) is 1. The first-order valence-electron chi connectivity index (χ1n) is 6.84. The number of aromatic amines is 1. The summed E-state index contributed by atoms with van der Waals surface area (Å²) in [5, 5.41) is 0. The highest BCUT2D eigenvalue weighted by Crippen LogP contribution is 2.12. The van der Waals surface area contributed by atoms with Gasteiger partial charge in [-0.15, -0.1) is 11.3 Å². The second kappa shape index (κ2) is 6.82. The molecule has 2 heterocycles. The molecule has 0 saturated heterocycles. The number of hydrogen-bond acceptors (Lipinski definition) is 5. The van der Waals surface area contributed by atoms with Crippen LogP contribution in [0.2, 0.25) is 0 Å². The molecular weight excluding hydrogens is 288 g/mol. The van der Waals surface area contributed by atoms with Gasteiger partial charge in [0.15, 0.2) is 0 Å². The Morgan fingerprint density at radius 3 is 2.71 bits per heavy atom. The molecular formula is C14H20N4O2S. The molecule has 0 aliphatic heterocycles. The zero-order valence-corrected chi connectivity index (χ0v) is 13.4. The molecule has 1 N–H and O–H groups in total. The zero-order valence-electron chi connectivity index (χ0n) is 12.5. The van der Waals surface area contributed by atoms with Crippen LogP contribution in [0.4, 0.5) is 0 Å². The molecule has 7 heteroatoms. The van der Waals surface area contributed by atoms with Gasteiger partial charge in [-0.1, -0.05) is 0 Å². The van der Waals surface area contributed by atoms with E-state index in [4.69, 9.17) is 0 Å². The van der Waals surface area contributed by atoms with Crippen molar-refractivity contribution in [1.82, 2.24) is 19.4 Å². The van der Waals surface area contributed by atoms with Crippen molar-refractivity contribution in [1.29, 1.82) is 0 Å². The first-order chi connectivity index (χ1) is 9.99. The van der Waals surface area contributed by atoms with Crippen LogP contribution in [0.25, 0.3) is 0 Å². The lowest BCUT2D eigenvalue weighted by atomic mass is 10.2. The van der Waals surface area contributed by atoms with Crippen molar-refractivity contribution in [3.05, 3.63) is 48.7 Å². The van der Waals surface area contributed by atoms with Gasteiger partial charge >= 0.3 is 5.69 Å². The molecule has 0 fully saturated rings. The molecule has 2 aromatic rings. The van der Waals surface area contributed by atoms with Crippen LogP contribution >= 0.6 is 11.3 Å². The summed E-state index contributed by atoms with van der Waals surface area (Å²) in [5.41, 5.74) is 3.01. The van der Waals surface area contributed by atoms with Crippen molar-refractivity contribution in [2.75, 3.05) is 20.1 Å². The molecule has 0 aliphatic carbocycles. The Labute approximate surface area is 127 Å². The summed E-state index contributed by atoms with van der Waals surface area (Å²) in [6, 6.07) is 0. The van der Waals surface area contributed by atoms with Crippen LogP contribution in [-0.2, 0) is 19.9 Å². The van der Waals surface area contributed by atoms with Gasteiger partial charge in [-0.3, -0.25) is 9.36 Å². The maximum Gasteiger partial charge on any atom is 0.328 e. The predicted octanol–water partition coefficient (Wildman–Crippen LogP) is 0.556. The number of rotatable bonds is 6. The number of H-pyrrole nitrogens is 1. The number of aryl methyl sites for hydroxylation is 1. The summed E-state index contributed by atoms with van der Waals surface area (Å²) in [5.74, 6) is 0. The summed E-state index contributed by atoms with van der Waals surface area (Å²) in [6.07, 6.45) is 3.12. The summed E-state index contributed by atoms with van der Waals surface area (Å²) in [7, 11) is 3.52. The Hall–Kier alpha value is -1.73. The molecule has 0 radical (unpaired) electrons. The number of nitrogens with zero attached hydrogens (tertiary/aromatic N) is 3. The third-order valence-electron chi connectivity index (χ3n) is 3.58. The molecule has 0 atom stereocenters. The Morgan fingerprint density at radius 2 is 2.05 bits per heavy atom. The molecule has 114 valence electrons. The van der Waals surface area contributed by atoms with Gasteiger partial charge in [0.05, 0.1) is 11.2 Å². The third-order valence-corrected chi connectivity index (χ3v) is 4.58. The highest BCUT2D eigenvalue weighted by molar-refractivity contribution is 7.09. The topological polar surface area (TPSA) is 71.0 Å². The first kappa shape index (κ1) is 15.7. The van der Waals surface area contributed by atoms with Crippen molar-refractivity contribution in [2.24, 2.45) is 7.05 Å². The second-order valence-corrected chi connectivity index (χ2v) is 6.09. The number of thiazole rings is 1.